The monoisotopic (exact) mass is 393 g/mol. The van der Waals surface area contributed by atoms with Crippen LogP contribution in [0.4, 0.5) is 0 Å². The largest absolute Gasteiger partial charge is 0.350 e. The molecule has 3 heterocycles. The van der Waals surface area contributed by atoms with Crippen LogP contribution in [0.3, 0.4) is 0 Å². The highest BCUT2D eigenvalue weighted by Gasteiger charge is 2.17. The number of hydrogen-bond donors (Lipinski definition) is 1. The van der Waals surface area contributed by atoms with E-state index < -0.39 is 0 Å². The summed E-state index contributed by atoms with van der Waals surface area (Å²) in [6.07, 6.45) is 3.87. The number of amides is 1. The summed E-state index contributed by atoms with van der Waals surface area (Å²) in [7, 11) is 0. The molecule has 0 aliphatic rings. The molecule has 0 radical (unpaired) electrons. The first kappa shape index (κ1) is 18.3. The third-order valence-corrected chi connectivity index (χ3v) is 4.77. The van der Waals surface area contributed by atoms with Crippen molar-refractivity contribution < 1.29 is 4.79 Å². The Kier molecular flexibility index (Phi) is 4.88. The molecule has 142 valence electrons. The topological polar surface area (TPSA) is 64.7 Å². The number of halogens is 1. The molecule has 1 amide bonds. The molecule has 6 nitrogen and oxygen atoms in total. The highest BCUT2D eigenvalue weighted by atomic mass is 35.5. The van der Waals surface area contributed by atoms with Gasteiger partial charge in [0, 0.05) is 29.7 Å². The highest BCUT2D eigenvalue weighted by molar-refractivity contribution is 6.30. The van der Waals surface area contributed by atoms with Gasteiger partial charge >= 0.3 is 0 Å². The maximum Gasteiger partial charge on any atom is 0.242 e. The van der Waals surface area contributed by atoms with Crippen molar-refractivity contribution in [3.63, 3.8) is 0 Å². The summed E-state index contributed by atoms with van der Waals surface area (Å²) in [6.45, 7) is 4.48. The molecule has 0 spiro atoms. The predicted octanol–water partition coefficient (Wildman–Crippen LogP) is 3.81. The lowest BCUT2D eigenvalue weighted by atomic mass is 10.2. The van der Waals surface area contributed by atoms with Crippen LogP contribution >= 0.6 is 11.6 Å². The van der Waals surface area contributed by atoms with E-state index in [2.05, 4.69) is 15.4 Å². The van der Waals surface area contributed by atoms with E-state index in [1.807, 2.05) is 73.3 Å². The Balaban J connectivity index is 1.62. The molecule has 4 rings (SSSR count). The number of fused-ring (bicyclic) bond motifs is 1. The molecule has 0 fully saturated rings. The predicted molar refractivity (Wildman–Crippen MR) is 110 cm³/mol. The number of pyridine rings is 1. The van der Waals surface area contributed by atoms with Gasteiger partial charge in [-0.3, -0.25) is 4.79 Å². The van der Waals surface area contributed by atoms with Crippen LogP contribution < -0.4 is 5.32 Å². The van der Waals surface area contributed by atoms with Crippen LogP contribution in [-0.2, 0) is 17.9 Å². The van der Waals surface area contributed by atoms with Crippen molar-refractivity contribution in [3.8, 4) is 5.82 Å². The van der Waals surface area contributed by atoms with Gasteiger partial charge in [-0.15, -0.1) is 0 Å². The number of rotatable bonds is 5. The summed E-state index contributed by atoms with van der Waals surface area (Å²) in [5, 5.41) is 9.20. The van der Waals surface area contributed by atoms with Crippen molar-refractivity contribution in [1.82, 2.24) is 24.6 Å². The van der Waals surface area contributed by atoms with Crippen LogP contribution in [0.15, 0.2) is 54.9 Å². The van der Waals surface area contributed by atoms with E-state index in [4.69, 9.17) is 11.6 Å². The van der Waals surface area contributed by atoms with Crippen molar-refractivity contribution in [2.45, 2.75) is 26.9 Å². The van der Waals surface area contributed by atoms with Gasteiger partial charge < -0.3 is 9.88 Å². The van der Waals surface area contributed by atoms with Crippen LogP contribution in [0.1, 0.15) is 16.8 Å². The van der Waals surface area contributed by atoms with Gasteiger partial charge in [-0.05, 0) is 55.3 Å². The number of carbonyl (C=O) groups is 1. The summed E-state index contributed by atoms with van der Waals surface area (Å²) in [4.78, 5) is 17.2. The Bertz CT molecular complexity index is 1150. The molecule has 0 saturated heterocycles. The lowest BCUT2D eigenvalue weighted by Crippen LogP contribution is -2.27. The highest BCUT2D eigenvalue weighted by Crippen LogP contribution is 2.25. The zero-order valence-corrected chi connectivity index (χ0v) is 16.4. The molecule has 28 heavy (non-hydrogen) atoms. The Morgan fingerprint density at radius 1 is 1.14 bits per heavy atom. The fourth-order valence-corrected chi connectivity index (χ4v) is 3.51. The van der Waals surface area contributed by atoms with Crippen molar-refractivity contribution in [3.05, 3.63) is 76.7 Å². The molecular formula is C21H20ClN5O. The zero-order chi connectivity index (χ0) is 19.7. The molecule has 0 aliphatic carbocycles. The molecule has 7 heteroatoms. The maximum absolute atomic E-state index is 12.5. The molecule has 0 saturated carbocycles. The summed E-state index contributed by atoms with van der Waals surface area (Å²) < 4.78 is 3.60. The van der Waals surface area contributed by atoms with Crippen LogP contribution in [0.5, 0.6) is 0 Å². The van der Waals surface area contributed by atoms with Crippen molar-refractivity contribution in [1.29, 1.82) is 0 Å². The number of nitrogens with one attached hydrogen (secondary N) is 1. The second kappa shape index (κ2) is 7.48. The molecule has 0 bridgehead atoms. The maximum atomic E-state index is 12.5. The summed E-state index contributed by atoms with van der Waals surface area (Å²) in [5.41, 5.74) is 3.63. The summed E-state index contributed by atoms with van der Waals surface area (Å²) in [6, 6.07) is 13.3. The Labute approximate surface area is 167 Å². The fourth-order valence-electron chi connectivity index (χ4n) is 3.30. The van der Waals surface area contributed by atoms with E-state index in [-0.39, 0.29) is 12.5 Å². The Hall–Kier alpha value is -3.12. The van der Waals surface area contributed by atoms with Gasteiger partial charge in [0.2, 0.25) is 5.91 Å². The van der Waals surface area contributed by atoms with E-state index in [1.54, 1.807) is 4.68 Å². The van der Waals surface area contributed by atoms with E-state index in [0.717, 1.165) is 28.0 Å². The number of carbonyl (C=O) groups excluding carboxylic acids is 1. The van der Waals surface area contributed by atoms with E-state index in [1.165, 1.54) is 0 Å². The minimum atomic E-state index is -0.135. The number of benzene rings is 1. The van der Waals surface area contributed by atoms with E-state index >= 15 is 0 Å². The van der Waals surface area contributed by atoms with Crippen LogP contribution in [0.25, 0.3) is 16.9 Å². The Morgan fingerprint density at radius 2 is 1.93 bits per heavy atom. The fraction of sp³-hybridized carbons (Fsp3) is 0.190. The third kappa shape index (κ3) is 3.64. The van der Waals surface area contributed by atoms with Gasteiger partial charge in [0.25, 0.3) is 0 Å². The first-order valence-corrected chi connectivity index (χ1v) is 9.38. The average molecular weight is 394 g/mol. The van der Waals surface area contributed by atoms with Gasteiger partial charge in [-0.25, -0.2) is 9.67 Å². The number of nitrogens with zero attached hydrogens (tertiary/aromatic N) is 4. The van der Waals surface area contributed by atoms with E-state index in [0.29, 0.717) is 17.2 Å². The van der Waals surface area contributed by atoms with Crippen LogP contribution in [-0.4, -0.2) is 25.2 Å². The lowest BCUT2D eigenvalue weighted by Gasteiger charge is -2.07. The number of aromatic nitrogens is 4. The van der Waals surface area contributed by atoms with Crippen molar-refractivity contribution in [2.24, 2.45) is 0 Å². The molecule has 4 aromatic rings. The number of hydrogen-bond acceptors (Lipinski definition) is 3. The molecule has 1 aromatic carbocycles. The smallest absolute Gasteiger partial charge is 0.242 e. The Morgan fingerprint density at radius 3 is 2.68 bits per heavy atom. The van der Waals surface area contributed by atoms with Crippen LogP contribution in [0.2, 0.25) is 5.02 Å². The van der Waals surface area contributed by atoms with Gasteiger partial charge in [-0.2, -0.15) is 5.10 Å². The van der Waals surface area contributed by atoms with Gasteiger partial charge in [0.15, 0.2) is 11.5 Å². The summed E-state index contributed by atoms with van der Waals surface area (Å²) >= 11 is 6.00. The minimum Gasteiger partial charge on any atom is -0.350 e. The molecule has 0 unspecified atom stereocenters. The zero-order valence-electron chi connectivity index (χ0n) is 15.7. The van der Waals surface area contributed by atoms with Gasteiger partial charge in [0.1, 0.15) is 6.54 Å². The molecule has 0 aliphatic heterocycles. The van der Waals surface area contributed by atoms with Crippen molar-refractivity contribution >= 4 is 28.5 Å². The third-order valence-electron chi connectivity index (χ3n) is 4.53. The second-order valence-electron chi connectivity index (χ2n) is 6.76. The van der Waals surface area contributed by atoms with Crippen molar-refractivity contribution in [2.75, 3.05) is 0 Å². The van der Waals surface area contributed by atoms with E-state index in [9.17, 15) is 4.79 Å². The SMILES string of the molecule is Cc1cc(C)c2c(-n3cccc3)nn(CC(=O)NCc3cccc(Cl)c3)c2n1. The molecule has 1 N–H and O–H groups in total. The normalized spacial score (nSPS) is 11.1. The number of aryl methyl sites for hydroxylation is 2. The molecule has 3 aromatic heterocycles. The first-order valence-electron chi connectivity index (χ1n) is 9.00. The quantitative estimate of drug-likeness (QED) is 0.560. The summed E-state index contributed by atoms with van der Waals surface area (Å²) in [5.74, 6) is 0.636. The lowest BCUT2D eigenvalue weighted by molar-refractivity contribution is -0.121. The first-order chi connectivity index (χ1) is 13.5. The average Bonchev–Trinajstić information content (AvgIpc) is 3.29. The molecular weight excluding hydrogens is 374 g/mol. The standard InChI is InChI=1S/C21H20ClN5O/c1-14-10-15(2)24-20-19(14)21(26-8-3-4-9-26)25-27(20)13-18(28)23-12-16-6-5-7-17(22)11-16/h3-11H,12-13H2,1-2H3,(H,23,28). The van der Waals surface area contributed by atoms with Gasteiger partial charge in [0.05, 0.1) is 5.39 Å². The minimum absolute atomic E-state index is 0.0915. The van der Waals surface area contributed by atoms with Crippen LogP contribution in [0, 0.1) is 13.8 Å². The van der Waals surface area contributed by atoms with Gasteiger partial charge in [-0.1, -0.05) is 23.7 Å². The molecule has 0 atom stereocenters. The second-order valence-corrected chi connectivity index (χ2v) is 7.19.